The van der Waals surface area contributed by atoms with Crippen molar-refractivity contribution in [2.24, 2.45) is 5.10 Å². The molecule has 2 aromatic rings. The predicted molar refractivity (Wildman–Crippen MR) is 114 cm³/mol. The number of amides is 3. The van der Waals surface area contributed by atoms with E-state index in [0.29, 0.717) is 29.4 Å². The Balaban J connectivity index is 1.74. The van der Waals surface area contributed by atoms with Gasteiger partial charge in [-0.1, -0.05) is 0 Å². The van der Waals surface area contributed by atoms with E-state index in [-0.39, 0.29) is 19.1 Å². The number of ether oxygens (including phenoxy) is 3. The van der Waals surface area contributed by atoms with E-state index in [4.69, 9.17) is 14.2 Å². The molecule has 0 unspecified atom stereocenters. The molecule has 164 valence electrons. The maximum atomic E-state index is 12.0. The Kier molecular flexibility index (Phi) is 9.50. The average molecular weight is 428 g/mol. The highest BCUT2D eigenvalue weighted by molar-refractivity contribution is 6.35. The zero-order valence-corrected chi connectivity index (χ0v) is 17.2. The van der Waals surface area contributed by atoms with Gasteiger partial charge in [0.1, 0.15) is 11.5 Å². The molecular formula is C21H24N4O6. The van der Waals surface area contributed by atoms with Crippen molar-refractivity contribution in [3.05, 3.63) is 54.1 Å². The number of nitrogens with zero attached hydrogens (tertiary/aromatic N) is 1. The van der Waals surface area contributed by atoms with Crippen LogP contribution in [-0.4, -0.2) is 57.9 Å². The Morgan fingerprint density at radius 1 is 0.935 bits per heavy atom. The van der Waals surface area contributed by atoms with Gasteiger partial charge in [0, 0.05) is 19.3 Å². The summed E-state index contributed by atoms with van der Waals surface area (Å²) >= 11 is 0. The van der Waals surface area contributed by atoms with Crippen LogP contribution in [0.3, 0.4) is 0 Å². The summed E-state index contributed by atoms with van der Waals surface area (Å²) in [7, 11) is 3.06. The largest absolute Gasteiger partial charge is 0.497 e. The highest BCUT2D eigenvalue weighted by atomic mass is 16.5. The Bertz CT molecular complexity index is 897. The van der Waals surface area contributed by atoms with Crippen molar-refractivity contribution in [1.29, 1.82) is 0 Å². The van der Waals surface area contributed by atoms with Crippen molar-refractivity contribution in [1.82, 2.24) is 10.7 Å². The van der Waals surface area contributed by atoms with E-state index < -0.39 is 11.8 Å². The van der Waals surface area contributed by atoms with E-state index in [1.54, 1.807) is 55.6 Å². The summed E-state index contributed by atoms with van der Waals surface area (Å²) in [6, 6.07) is 13.6. The lowest BCUT2D eigenvalue weighted by molar-refractivity contribution is -0.139. The fourth-order valence-corrected chi connectivity index (χ4v) is 2.23. The number of methoxy groups -OCH3 is 2. The lowest BCUT2D eigenvalue weighted by atomic mass is 10.2. The number of benzene rings is 2. The average Bonchev–Trinajstić information content (AvgIpc) is 2.79. The van der Waals surface area contributed by atoms with Crippen LogP contribution in [-0.2, 0) is 19.1 Å². The van der Waals surface area contributed by atoms with Gasteiger partial charge in [-0.2, -0.15) is 5.10 Å². The third-order valence-electron chi connectivity index (χ3n) is 3.80. The number of hydrazone groups is 1. The highest BCUT2D eigenvalue weighted by Crippen LogP contribution is 2.15. The van der Waals surface area contributed by atoms with Gasteiger partial charge >= 0.3 is 11.8 Å². The highest BCUT2D eigenvalue weighted by Gasteiger charge is 2.11. The van der Waals surface area contributed by atoms with Gasteiger partial charge in [-0.05, 0) is 54.1 Å². The van der Waals surface area contributed by atoms with Crippen molar-refractivity contribution in [3.63, 3.8) is 0 Å². The number of anilines is 1. The molecule has 31 heavy (non-hydrogen) atoms. The van der Waals surface area contributed by atoms with Crippen LogP contribution in [0, 0.1) is 0 Å². The van der Waals surface area contributed by atoms with Crippen LogP contribution < -0.4 is 25.5 Å². The number of hydrogen-bond acceptors (Lipinski definition) is 7. The Morgan fingerprint density at radius 3 is 2.26 bits per heavy atom. The summed E-state index contributed by atoms with van der Waals surface area (Å²) < 4.78 is 15.3. The van der Waals surface area contributed by atoms with Gasteiger partial charge in [0.2, 0.25) is 0 Å². The SMILES string of the molecule is COCCNC(=O)C(=O)N/N=C\c1ccc(OCC(=O)Nc2ccc(OC)cc2)cc1. The lowest BCUT2D eigenvalue weighted by Gasteiger charge is -2.08. The summed E-state index contributed by atoms with van der Waals surface area (Å²) in [5.74, 6) is -0.797. The molecule has 0 atom stereocenters. The molecule has 0 spiro atoms. The Morgan fingerprint density at radius 2 is 1.61 bits per heavy atom. The summed E-state index contributed by atoms with van der Waals surface area (Å²) in [6.07, 6.45) is 1.38. The maximum Gasteiger partial charge on any atom is 0.329 e. The van der Waals surface area contributed by atoms with Gasteiger partial charge in [-0.25, -0.2) is 5.43 Å². The Hall–Kier alpha value is -3.92. The first-order valence-electron chi connectivity index (χ1n) is 9.28. The van der Waals surface area contributed by atoms with E-state index in [0.717, 1.165) is 0 Å². The third kappa shape index (κ3) is 8.54. The summed E-state index contributed by atoms with van der Waals surface area (Å²) in [5, 5.41) is 8.82. The van der Waals surface area contributed by atoms with Gasteiger partial charge in [0.25, 0.3) is 5.91 Å². The topological polar surface area (TPSA) is 127 Å². The molecule has 3 amide bonds. The molecule has 0 saturated carbocycles. The van der Waals surface area contributed by atoms with E-state index >= 15 is 0 Å². The second kappa shape index (κ2) is 12.6. The first-order chi connectivity index (χ1) is 15.0. The second-order valence-electron chi connectivity index (χ2n) is 6.08. The lowest BCUT2D eigenvalue weighted by Crippen LogP contribution is -2.39. The van der Waals surface area contributed by atoms with Crippen LogP contribution in [0.4, 0.5) is 5.69 Å². The summed E-state index contributed by atoms with van der Waals surface area (Å²) in [5.41, 5.74) is 3.43. The van der Waals surface area contributed by atoms with Gasteiger partial charge in [0.15, 0.2) is 6.61 Å². The van der Waals surface area contributed by atoms with Crippen molar-refractivity contribution in [2.75, 3.05) is 39.3 Å². The van der Waals surface area contributed by atoms with E-state index in [1.807, 2.05) is 0 Å². The minimum atomic E-state index is -0.879. The molecule has 0 aliphatic carbocycles. The van der Waals surface area contributed by atoms with Gasteiger partial charge in [-0.3, -0.25) is 14.4 Å². The standard InChI is InChI=1S/C21H24N4O6/c1-29-12-11-22-20(27)21(28)25-23-13-15-3-7-18(8-4-15)31-14-19(26)24-16-5-9-17(30-2)10-6-16/h3-10,13H,11-12,14H2,1-2H3,(H,22,27)(H,24,26)(H,25,28)/b23-13-. The fourth-order valence-electron chi connectivity index (χ4n) is 2.23. The number of nitrogens with one attached hydrogen (secondary N) is 3. The molecule has 0 aromatic heterocycles. The molecule has 0 aliphatic heterocycles. The van der Waals surface area contributed by atoms with Crippen LogP contribution in [0.25, 0.3) is 0 Å². The van der Waals surface area contributed by atoms with Crippen LogP contribution in [0.2, 0.25) is 0 Å². The monoisotopic (exact) mass is 428 g/mol. The second-order valence-corrected chi connectivity index (χ2v) is 6.08. The molecule has 10 heteroatoms. The van der Waals surface area contributed by atoms with Crippen LogP contribution in [0.15, 0.2) is 53.6 Å². The van der Waals surface area contributed by atoms with Crippen molar-refractivity contribution < 1.29 is 28.6 Å². The fraction of sp³-hybridized carbons (Fsp3) is 0.238. The van der Waals surface area contributed by atoms with Crippen LogP contribution in [0.1, 0.15) is 5.56 Å². The molecular weight excluding hydrogens is 404 g/mol. The van der Waals surface area contributed by atoms with Crippen LogP contribution in [0.5, 0.6) is 11.5 Å². The number of hydrogen-bond donors (Lipinski definition) is 3. The van der Waals surface area contributed by atoms with Crippen molar-refractivity contribution in [2.45, 2.75) is 0 Å². The smallest absolute Gasteiger partial charge is 0.329 e. The molecule has 2 rings (SSSR count). The molecule has 0 aliphatic rings. The zero-order chi connectivity index (χ0) is 22.5. The van der Waals surface area contributed by atoms with Crippen molar-refractivity contribution in [3.8, 4) is 11.5 Å². The molecule has 10 nitrogen and oxygen atoms in total. The van der Waals surface area contributed by atoms with Gasteiger partial charge in [-0.15, -0.1) is 0 Å². The normalized spacial score (nSPS) is 10.4. The molecule has 3 N–H and O–H groups in total. The van der Waals surface area contributed by atoms with E-state index in [9.17, 15) is 14.4 Å². The predicted octanol–water partition coefficient (Wildman–Crippen LogP) is 0.925. The number of rotatable bonds is 10. The van der Waals surface area contributed by atoms with Gasteiger partial charge in [0.05, 0.1) is 19.9 Å². The molecule has 0 saturated heterocycles. The molecule has 2 aromatic carbocycles. The summed E-state index contributed by atoms with van der Waals surface area (Å²) in [6.45, 7) is 0.375. The zero-order valence-electron chi connectivity index (χ0n) is 17.2. The first kappa shape index (κ1) is 23.4. The molecule has 0 heterocycles. The Labute approximate surface area is 179 Å². The van der Waals surface area contributed by atoms with Crippen molar-refractivity contribution >= 4 is 29.6 Å². The molecule has 0 fully saturated rings. The maximum absolute atomic E-state index is 12.0. The van der Waals surface area contributed by atoms with E-state index in [1.165, 1.54) is 13.3 Å². The van der Waals surface area contributed by atoms with Gasteiger partial charge < -0.3 is 24.8 Å². The number of carbonyl (C=O) groups is 3. The summed E-state index contributed by atoms with van der Waals surface area (Å²) in [4.78, 5) is 35.0. The van der Waals surface area contributed by atoms with Crippen LogP contribution >= 0.6 is 0 Å². The quantitative estimate of drug-likeness (QED) is 0.224. The minimum Gasteiger partial charge on any atom is -0.497 e. The number of carbonyl (C=O) groups excluding carboxylic acids is 3. The van der Waals surface area contributed by atoms with E-state index in [2.05, 4.69) is 21.2 Å². The molecule has 0 radical (unpaired) electrons. The third-order valence-corrected chi connectivity index (χ3v) is 3.80. The first-order valence-corrected chi connectivity index (χ1v) is 9.28. The molecule has 0 bridgehead atoms. The minimum absolute atomic E-state index is 0.159.